The van der Waals surface area contributed by atoms with Crippen molar-refractivity contribution < 1.29 is 9.59 Å². The first-order valence-corrected chi connectivity index (χ1v) is 3.42. The van der Waals surface area contributed by atoms with E-state index in [1.807, 2.05) is 6.92 Å². The van der Waals surface area contributed by atoms with Gasteiger partial charge in [0.15, 0.2) is 0 Å². The van der Waals surface area contributed by atoms with Crippen LogP contribution in [-0.2, 0) is 9.59 Å². The highest BCUT2D eigenvalue weighted by Gasteiger charge is 1.98. The van der Waals surface area contributed by atoms with Crippen LogP contribution in [0.2, 0.25) is 0 Å². The molecule has 0 bridgehead atoms. The molecule has 0 aliphatic heterocycles. The van der Waals surface area contributed by atoms with Gasteiger partial charge in [-0.15, -0.1) is 0 Å². The van der Waals surface area contributed by atoms with E-state index in [0.717, 1.165) is 0 Å². The zero-order valence-electron chi connectivity index (χ0n) is 6.52. The molecule has 0 aromatic heterocycles. The monoisotopic (exact) mass is 159 g/mol. The van der Waals surface area contributed by atoms with Gasteiger partial charge >= 0.3 is 0 Å². The number of nitrogens with two attached hydrogens (primary N) is 1. The van der Waals surface area contributed by atoms with Gasteiger partial charge in [0, 0.05) is 6.54 Å². The molecule has 5 nitrogen and oxygen atoms in total. The van der Waals surface area contributed by atoms with Crippen LogP contribution in [-0.4, -0.2) is 31.4 Å². The number of nitrogens with one attached hydrogen (secondary N) is 2. The van der Waals surface area contributed by atoms with Gasteiger partial charge in [-0.3, -0.25) is 14.9 Å². The first-order valence-electron chi connectivity index (χ1n) is 3.42. The lowest BCUT2D eigenvalue weighted by Crippen LogP contribution is -2.37. The average molecular weight is 159 g/mol. The Balaban J connectivity index is 3.24. The third kappa shape index (κ3) is 6.79. The molecule has 0 heterocycles. The van der Waals surface area contributed by atoms with Gasteiger partial charge in [0.05, 0.1) is 13.1 Å². The molecule has 0 radical (unpaired) electrons. The summed E-state index contributed by atoms with van der Waals surface area (Å²) >= 11 is 0. The van der Waals surface area contributed by atoms with Gasteiger partial charge in [-0.05, 0) is 6.92 Å². The second-order valence-corrected chi connectivity index (χ2v) is 2.02. The number of hydrogen-bond donors (Lipinski definition) is 3. The zero-order chi connectivity index (χ0) is 8.69. The summed E-state index contributed by atoms with van der Waals surface area (Å²) < 4.78 is 0. The molecule has 0 aliphatic rings. The van der Waals surface area contributed by atoms with E-state index in [0.29, 0.717) is 6.54 Å². The van der Waals surface area contributed by atoms with Crippen LogP contribution in [0.1, 0.15) is 6.92 Å². The van der Waals surface area contributed by atoms with Gasteiger partial charge in [-0.25, -0.2) is 0 Å². The Kier molecular flexibility index (Phi) is 5.10. The molecule has 0 spiro atoms. The summed E-state index contributed by atoms with van der Waals surface area (Å²) in [5.41, 5.74) is 4.82. The highest BCUT2D eigenvalue weighted by atomic mass is 16.2. The van der Waals surface area contributed by atoms with Crippen molar-refractivity contribution in [3.05, 3.63) is 0 Å². The van der Waals surface area contributed by atoms with E-state index in [2.05, 4.69) is 10.6 Å². The molecule has 0 fully saturated rings. The Morgan fingerprint density at radius 2 is 2.00 bits per heavy atom. The second kappa shape index (κ2) is 5.67. The Bertz CT molecular complexity index is 147. The van der Waals surface area contributed by atoms with E-state index < -0.39 is 5.91 Å². The van der Waals surface area contributed by atoms with Gasteiger partial charge in [0.2, 0.25) is 11.8 Å². The fourth-order valence-corrected chi connectivity index (χ4v) is 0.559. The number of rotatable bonds is 5. The van der Waals surface area contributed by atoms with Crippen molar-refractivity contribution >= 4 is 11.8 Å². The highest BCUT2D eigenvalue weighted by molar-refractivity contribution is 5.80. The molecule has 0 unspecified atom stereocenters. The van der Waals surface area contributed by atoms with Gasteiger partial charge in [0.25, 0.3) is 0 Å². The fraction of sp³-hybridized carbons (Fsp3) is 0.667. The summed E-state index contributed by atoms with van der Waals surface area (Å²) in [6.45, 7) is 2.59. The number of primary amides is 1. The van der Waals surface area contributed by atoms with Crippen molar-refractivity contribution in [1.29, 1.82) is 0 Å². The summed E-state index contributed by atoms with van der Waals surface area (Å²) in [5.74, 6) is -0.594. The van der Waals surface area contributed by atoms with E-state index in [9.17, 15) is 9.59 Å². The lowest BCUT2D eigenvalue weighted by Gasteiger charge is -2.01. The number of carbonyl (C=O) groups excluding carboxylic acids is 2. The predicted octanol–water partition coefficient (Wildman–Crippen LogP) is -1.80. The zero-order valence-corrected chi connectivity index (χ0v) is 6.52. The normalized spacial score (nSPS) is 9.18. The van der Waals surface area contributed by atoms with E-state index in [4.69, 9.17) is 5.73 Å². The quantitative estimate of drug-likeness (QED) is 0.442. The Hall–Kier alpha value is -1.10. The first-order chi connectivity index (χ1) is 5.16. The van der Waals surface area contributed by atoms with Crippen LogP contribution in [0.5, 0.6) is 0 Å². The van der Waals surface area contributed by atoms with Crippen LogP contribution in [0.15, 0.2) is 0 Å². The van der Waals surface area contributed by atoms with Crippen LogP contribution in [0.4, 0.5) is 0 Å². The molecule has 4 N–H and O–H groups in total. The lowest BCUT2D eigenvalue weighted by molar-refractivity contribution is -0.120. The molecule has 0 aliphatic carbocycles. The van der Waals surface area contributed by atoms with Crippen LogP contribution < -0.4 is 16.4 Å². The maximum absolute atomic E-state index is 10.7. The van der Waals surface area contributed by atoms with Crippen molar-refractivity contribution in [2.45, 2.75) is 6.92 Å². The minimum absolute atomic E-state index is 0.0388. The summed E-state index contributed by atoms with van der Waals surface area (Å²) in [6.07, 6.45) is 0. The maximum Gasteiger partial charge on any atom is 0.233 e. The van der Waals surface area contributed by atoms with Crippen LogP contribution in [0.3, 0.4) is 0 Å². The number of likely N-dealkylation sites (N-methyl/N-ethyl adjacent to an activating group) is 1. The number of amides is 2. The topological polar surface area (TPSA) is 84.2 Å². The summed E-state index contributed by atoms with van der Waals surface area (Å²) in [5, 5.41) is 5.15. The van der Waals surface area contributed by atoms with Crippen molar-refractivity contribution in [1.82, 2.24) is 10.6 Å². The molecule has 64 valence electrons. The van der Waals surface area contributed by atoms with Gasteiger partial charge < -0.3 is 11.1 Å². The minimum atomic E-state index is -0.464. The van der Waals surface area contributed by atoms with Crippen LogP contribution in [0, 0.1) is 0 Å². The molecule has 11 heavy (non-hydrogen) atoms. The van der Waals surface area contributed by atoms with Crippen molar-refractivity contribution in [2.75, 3.05) is 19.6 Å². The van der Waals surface area contributed by atoms with E-state index in [-0.39, 0.29) is 19.0 Å². The number of carbonyl (C=O) groups is 2. The first kappa shape index (κ1) is 9.90. The largest absolute Gasteiger partial charge is 0.369 e. The van der Waals surface area contributed by atoms with Gasteiger partial charge in [0.1, 0.15) is 0 Å². The van der Waals surface area contributed by atoms with E-state index in [1.165, 1.54) is 0 Å². The molecule has 0 aromatic carbocycles. The highest BCUT2D eigenvalue weighted by Crippen LogP contribution is 1.63. The lowest BCUT2D eigenvalue weighted by atomic mass is 10.5. The summed E-state index contributed by atoms with van der Waals surface area (Å²) in [6, 6.07) is 0. The van der Waals surface area contributed by atoms with E-state index in [1.54, 1.807) is 0 Å². The van der Waals surface area contributed by atoms with E-state index >= 15 is 0 Å². The molecule has 0 atom stereocenters. The SMILES string of the molecule is CCNC(=O)CNCC(N)=O. The number of hydrogen-bond acceptors (Lipinski definition) is 3. The van der Waals surface area contributed by atoms with Gasteiger partial charge in [-0.2, -0.15) is 0 Å². The smallest absolute Gasteiger partial charge is 0.233 e. The molecule has 0 saturated carbocycles. The maximum atomic E-state index is 10.7. The predicted molar refractivity (Wildman–Crippen MR) is 40.7 cm³/mol. The Morgan fingerprint density at radius 1 is 1.36 bits per heavy atom. The van der Waals surface area contributed by atoms with Crippen molar-refractivity contribution in [3.8, 4) is 0 Å². The molecular weight excluding hydrogens is 146 g/mol. The van der Waals surface area contributed by atoms with Crippen molar-refractivity contribution in [2.24, 2.45) is 5.73 Å². The molecule has 0 aromatic rings. The minimum Gasteiger partial charge on any atom is -0.369 e. The average Bonchev–Trinajstić information content (AvgIpc) is 1.87. The van der Waals surface area contributed by atoms with Crippen LogP contribution >= 0.6 is 0 Å². The molecule has 0 saturated heterocycles. The fourth-order valence-electron chi connectivity index (χ4n) is 0.559. The summed E-state index contributed by atoms with van der Waals surface area (Å²) in [7, 11) is 0. The second-order valence-electron chi connectivity index (χ2n) is 2.02. The Labute approximate surface area is 65.3 Å². The third-order valence-corrected chi connectivity index (χ3v) is 0.959. The molecule has 5 heteroatoms. The Morgan fingerprint density at radius 3 is 2.45 bits per heavy atom. The van der Waals surface area contributed by atoms with Crippen LogP contribution in [0.25, 0.3) is 0 Å². The molecule has 2 amide bonds. The van der Waals surface area contributed by atoms with Crippen molar-refractivity contribution in [3.63, 3.8) is 0 Å². The summed E-state index contributed by atoms with van der Waals surface area (Å²) in [4.78, 5) is 20.9. The standard InChI is InChI=1S/C6H13N3O2/c1-2-9-6(11)4-8-3-5(7)10/h8H,2-4H2,1H3,(H2,7,10)(H,9,11). The molecule has 0 rings (SSSR count). The molecular formula is C6H13N3O2. The third-order valence-electron chi connectivity index (χ3n) is 0.959. The van der Waals surface area contributed by atoms with Gasteiger partial charge in [-0.1, -0.05) is 0 Å².